The van der Waals surface area contributed by atoms with Crippen LogP contribution in [0.1, 0.15) is 26.0 Å². The first kappa shape index (κ1) is 14.1. The molecule has 2 nitrogen and oxygen atoms in total. The number of rotatable bonds is 4. The quantitative estimate of drug-likeness (QED) is 0.836. The third-order valence-electron chi connectivity index (χ3n) is 2.11. The molecule has 0 bridgehead atoms. The molecule has 1 aromatic rings. The molecule has 0 aliphatic heterocycles. The van der Waals surface area contributed by atoms with Crippen LogP contribution in [0, 0.1) is 0 Å². The summed E-state index contributed by atoms with van der Waals surface area (Å²) >= 11 is 5.80. The fraction of sp³-hybridized carbons (Fsp3) is 0.545. The summed E-state index contributed by atoms with van der Waals surface area (Å²) in [5.74, 6) is 0.213. The Hall–Kier alpha value is -0.970. The van der Waals surface area contributed by atoms with Gasteiger partial charge in [0.15, 0.2) is 0 Å². The molecule has 0 saturated heterocycles. The lowest BCUT2D eigenvalue weighted by atomic mass is 10.2. The molecule has 0 radical (unpaired) electrons. The summed E-state index contributed by atoms with van der Waals surface area (Å²) in [7, 11) is 0. The second-order valence-corrected chi connectivity index (χ2v) is 4.71. The second kappa shape index (κ2) is 5.58. The van der Waals surface area contributed by atoms with E-state index in [2.05, 4.69) is 10.3 Å². The standard InChI is InChI=1S/C11H14ClF3N2/c1-7(12)6-8(2)16-10-5-3-4-9(17-10)11(13,14)15/h3-5,7-8H,6H2,1-2H3,(H,16,17). The smallest absolute Gasteiger partial charge is 0.368 e. The van der Waals surface area contributed by atoms with E-state index in [9.17, 15) is 13.2 Å². The average Bonchev–Trinajstić information content (AvgIpc) is 2.15. The molecule has 2 atom stereocenters. The highest BCUT2D eigenvalue weighted by atomic mass is 35.5. The van der Waals surface area contributed by atoms with Crippen molar-refractivity contribution in [1.82, 2.24) is 4.98 Å². The van der Waals surface area contributed by atoms with Gasteiger partial charge >= 0.3 is 6.18 Å². The van der Waals surface area contributed by atoms with Crippen molar-refractivity contribution >= 4 is 17.4 Å². The van der Waals surface area contributed by atoms with Crippen molar-refractivity contribution in [2.24, 2.45) is 0 Å². The summed E-state index contributed by atoms with van der Waals surface area (Å²) in [6, 6.07) is 3.75. The number of halogens is 4. The van der Waals surface area contributed by atoms with Crippen molar-refractivity contribution in [3.05, 3.63) is 23.9 Å². The lowest BCUT2D eigenvalue weighted by Gasteiger charge is -2.16. The zero-order chi connectivity index (χ0) is 13.1. The third-order valence-corrected chi connectivity index (χ3v) is 2.29. The van der Waals surface area contributed by atoms with Gasteiger partial charge in [-0.1, -0.05) is 6.07 Å². The van der Waals surface area contributed by atoms with Gasteiger partial charge in [-0.15, -0.1) is 11.6 Å². The summed E-state index contributed by atoms with van der Waals surface area (Å²) in [5.41, 5.74) is -0.895. The molecule has 0 amide bonds. The molecule has 0 aromatic carbocycles. The highest BCUT2D eigenvalue weighted by Gasteiger charge is 2.32. The van der Waals surface area contributed by atoms with E-state index < -0.39 is 11.9 Å². The molecule has 17 heavy (non-hydrogen) atoms. The van der Waals surface area contributed by atoms with Crippen molar-refractivity contribution in [3.8, 4) is 0 Å². The maximum absolute atomic E-state index is 12.4. The number of hydrogen-bond donors (Lipinski definition) is 1. The number of nitrogens with one attached hydrogen (secondary N) is 1. The first-order valence-electron chi connectivity index (χ1n) is 5.24. The minimum Gasteiger partial charge on any atom is -0.368 e. The van der Waals surface area contributed by atoms with Crippen LogP contribution in [0.15, 0.2) is 18.2 Å². The van der Waals surface area contributed by atoms with Crippen molar-refractivity contribution in [2.45, 2.75) is 37.9 Å². The second-order valence-electron chi connectivity index (χ2n) is 3.97. The Balaban J connectivity index is 2.72. The fourth-order valence-electron chi connectivity index (χ4n) is 1.47. The van der Waals surface area contributed by atoms with E-state index in [0.29, 0.717) is 6.42 Å². The Bertz CT molecular complexity index is 366. The molecule has 0 saturated carbocycles. The van der Waals surface area contributed by atoms with Crippen molar-refractivity contribution in [1.29, 1.82) is 0 Å². The van der Waals surface area contributed by atoms with E-state index in [-0.39, 0.29) is 17.2 Å². The van der Waals surface area contributed by atoms with Gasteiger partial charge in [-0.2, -0.15) is 13.2 Å². The Morgan fingerprint density at radius 1 is 1.35 bits per heavy atom. The molecule has 1 N–H and O–H groups in total. The summed E-state index contributed by atoms with van der Waals surface area (Å²) in [5, 5.41) is 2.85. The van der Waals surface area contributed by atoms with Crippen LogP contribution in [-0.2, 0) is 6.18 Å². The van der Waals surface area contributed by atoms with Crippen LogP contribution in [0.5, 0.6) is 0 Å². The van der Waals surface area contributed by atoms with Crippen LogP contribution in [0.2, 0.25) is 0 Å². The Labute approximate surface area is 103 Å². The Morgan fingerprint density at radius 3 is 2.53 bits per heavy atom. The van der Waals surface area contributed by atoms with E-state index >= 15 is 0 Å². The minimum absolute atomic E-state index is 0.0292. The lowest BCUT2D eigenvalue weighted by molar-refractivity contribution is -0.141. The van der Waals surface area contributed by atoms with E-state index in [0.717, 1.165) is 6.07 Å². The first-order chi connectivity index (χ1) is 7.79. The highest BCUT2D eigenvalue weighted by molar-refractivity contribution is 6.20. The Morgan fingerprint density at radius 2 is 2.00 bits per heavy atom. The molecule has 1 rings (SSSR count). The van der Waals surface area contributed by atoms with Gasteiger partial charge in [0.25, 0.3) is 0 Å². The number of nitrogens with zero attached hydrogens (tertiary/aromatic N) is 1. The molecule has 0 spiro atoms. The number of alkyl halides is 4. The molecule has 0 aliphatic carbocycles. The maximum atomic E-state index is 12.4. The van der Waals surface area contributed by atoms with E-state index in [1.54, 1.807) is 0 Å². The summed E-state index contributed by atoms with van der Waals surface area (Å²) in [4.78, 5) is 3.51. The van der Waals surface area contributed by atoms with Crippen LogP contribution in [0.25, 0.3) is 0 Å². The molecular weight excluding hydrogens is 253 g/mol. The van der Waals surface area contributed by atoms with Gasteiger partial charge in [-0.05, 0) is 32.4 Å². The van der Waals surface area contributed by atoms with Crippen molar-refractivity contribution < 1.29 is 13.2 Å². The van der Waals surface area contributed by atoms with E-state index in [4.69, 9.17) is 11.6 Å². The van der Waals surface area contributed by atoms with Crippen molar-refractivity contribution in [3.63, 3.8) is 0 Å². The van der Waals surface area contributed by atoms with Gasteiger partial charge in [0.05, 0.1) is 0 Å². The van der Waals surface area contributed by atoms with Gasteiger partial charge in [-0.3, -0.25) is 0 Å². The summed E-state index contributed by atoms with van der Waals surface area (Å²) < 4.78 is 37.2. The SMILES string of the molecule is CC(Cl)CC(C)Nc1cccc(C(F)(F)F)n1. The van der Waals surface area contributed by atoms with Crippen molar-refractivity contribution in [2.75, 3.05) is 5.32 Å². The zero-order valence-corrected chi connectivity index (χ0v) is 10.3. The molecule has 96 valence electrons. The Kier molecular flexibility index (Phi) is 4.62. The molecule has 6 heteroatoms. The number of hydrogen-bond acceptors (Lipinski definition) is 2. The fourth-order valence-corrected chi connectivity index (χ4v) is 1.74. The zero-order valence-electron chi connectivity index (χ0n) is 9.55. The third kappa shape index (κ3) is 4.81. The molecule has 2 unspecified atom stereocenters. The van der Waals surface area contributed by atoms with Gasteiger partial charge in [0.2, 0.25) is 0 Å². The molecular formula is C11H14ClF3N2. The van der Waals surface area contributed by atoms with Crippen LogP contribution in [-0.4, -0.2) is 16.4 Å². The molecule has 1 heterocycles. The molecule has 0 fully saturated rings. The average molecular weight is 267 g/mol. The highest BCUT2D eigenvalue weighted by Crippen LogP contribution is 2.28. The van der Waals surface area contributed by atoms with Gasteiger partial charge in [0, 0.05) is 11.4 Å². The van der Waals surface area contributed by atoms with Gasteiger partial charge in [-0.25, -0.2) is 4.98 Å². The van der Waals surface area contributed by atoms with Crippen LogP contribution < -0.4 is 5.32 Å². The largest absolute Gasteiger partial charge is 0.433 e. The lowest BCUT2D eigenvalue weighted by Crippen LogP contribution is -2.20. The van der Waals surface area contributed by atoms with Crippen LogP contribution >= 0.6 is 11.6 Å². The predicted octanol–water partition coefficient (Wildman–Crippen LogP) is 3.92. The van der Waals surface area contributed by atoms with E-state index in [1.807, 2.05) is 13.8 Å². The predicted molar refractivity (Wildman–Crippen MR) is 62.3 cm³/mol. The molecule has 1 aromatic heterocycles. The van der Waals surface area contributed by atoms with Crippen LogP contribution in [0.3, 0.4) is 0 Å². The normalized spacial score (nSPS) is 15.4. The summed E-state index contributed by atoms with van der Waals surface area (Å²) in [6.45, 7) is 3.68. The van der Waals surface area contributed by atoms with E-state index in [1.165, 1.54) is 12.1 Å². The van der Waals surface area contributed by atoms with Gasteiger partial charge in [0.1, 0.15) is 11.5 Å². The van der Waals surface area contributed by atoms with Crippen LogP contribution in [0.4, 0.5) is 19.0 Å². The maximum Gasteiger partial charge on any atom is 0.433 e. The number of aromatic nitrogens is 1. The number of anilines is 1. The molecule has 0 aliphatic rings. The minimum atomic E-state index is -4.42. The van der Waals surface area contributed by atoms with Gasteiger partial charge < -0.3 is 5.32 Å². The summed E-state index contributed by atoms with van der Waals surface area (Å²) in [6.07, 6.45) is -3.76. The monoisotopic (exact) mass is 266 g/mol. The number of pyridine rings is 1. The topological polar surface area (TPSA) is 24.9 Å². The first-order valence-corrected chi connectivity index (χ1v) is 5.67.